The fraction of sp³-hybridized carbons (Fsp3) is 0.381. The van der Waals surface area contributed by atoms with Crippen LogP contribution in [0, 0.1) is 0 Å². The van der Waals surface area contributed by atoms with Gasteiger partial charge >= 0.3 is 0 Å². The van der Waals surface area contributed by atoms with Crippen LogP contribution in [0.25, 0.3) is 10.9 Å². The topological polar surface area (TPSA) is 66.4 Å². The number of nitrogens with one attached hydrogen (secondary N) is 1. The Morgan fingerprint density at radius 2 is 1.75 bits per heavy atom. The van der Waals surface area contributed by atoms with Crippen LogP contribution in [0.5, 0.6) is 0 Å². The summed E-state index contributed by atoms with van der Waals surface area (Å²) in [5.41, 5.74) is 0.967. The van der Waals surface area contributed by atoms with Crippen LogP contribution in [0.3, 0.4) is 0 Å². The molecule has 1 fully saturated rings. The lowest BCUT2D eigenvalue weighted by Crippen LogP contribution is -2.47. The molecule has 146 valence electrons. The van der Waals surface area contributed by atoms with Crippen molar-refractivity contribution in [2.45, 2.75) is 6.42 Å². The molecule has 1 saturated heterocycles. The average Bonchev–Trinajstić information content (AvgIpc) is 2.77. The molecule has 1 N–H and O–H groups in total. The van der Waals surface area contributed by atoms with Gasteiger partial charge in [0.05, 0.1) is 5.52 Å². The average molecular weight is 378 g/mol. The molecule has 0 radical (unpaired) electrons. The number of fused-ring (bicyclic) bond motifs is 1. The summed E-state index contributed by atoms with van der Waals surface area (Å²) in [6, 6.07) is 14.2. The minimum Gasteiger partial charge on any atom is -0.385 e. The Hall–Kier alpha value is -2.93. The van der Waals surface area contributed by atoms with Crippen LogP contribution in [0.1, 0.15) is 6.42 Å². The van der Waals surface area contributed by atoms with Crippen LogP contribution in [-0.4, -0.2) is 61.4 Å². The Bertz CT molecular complexity index is 896. The number of aromatic nitrogens is 3. The third-order valence-electron chi connectivity index (χ3n) is 4.94. The van der Waals surface area contributed by atoms with Gasteiger partial charge in [-0.2, -0.15) is 4.98 Å². The van der Waals surface area contributed by atoms with E-state index in [1.807, 2.05) is 36.5 Å². The molecule has 4 rings (SSSR count). The van der Waals surface area contributed by atoms with E-state index in [0.717, 1.165) is 74.2 Å². The van der Waals surface area contributed by atoms with Gasteiger partial charge in [0, 0.05) is 58.0 Å². The second kappa shape index (κ2) is 8.84. The quantitative estimate of drug-likeness (QED) is 0.634. The van der Waals surface area contributed by atoms with Crippen molar-refractivity contribution >= 4 is 28.5 Å². The Labute approximate surface area is 165 Å². The predicted octanol–water partition coefficient (Wildman–Crippen LogP) is 2.80. The second-order valence-electron chi connectivity index (χ2n) is 6.82. The molecule has 0 unspecified atom stereocenters. The molecule has 28 heavy (non-hydrogen) atoms. The molecule has 1 aromatic carbocycles. The SMILES string of the molecule is COCCCNc1nc(N2CCN(c3ccccn3)CC2)nc2ccccc12. The first kappa shape index (κ1) is 18.4. The van der Waals surface area contributed by atoms with E-state index >= 15 is 0 Å². The molecule has 7 nitrogen and oxygen atoms in total. The number of hydrogen-bond donors (Lipinski definition) is 1. The lowest BCUT2D eigenvalue weighted by atomic mass is 10.2. The molecule has 2 aromatic heterocycles. The second-order valence-corrected chi connectivity index (χ2v) is 6.82. The normalized spacial score (nSPS) is 14.5. The Balaban J connectivity index is 1.50. The lowest BCUT2D eigenvalue weighted by Gasteiger charge is -2.35. The van der Waals surface area contributed by atoms with Gasteiger partial charge in [-0.1, -0.05) is 18.2 Å². The molecule has 0 bridgehead atoms. The van der Waals surface area contributed by atoms with Gasteiger partial charge in [-0.15, -0.1) is 0 Å². The van der Waals surface area contributed by atoms with E-state index in [-0.39, 0.29) is 0 Å². The van der Waals surface area contributed by atoms with Gasteiger partial charge in [0.15, 0.2) is 0 Å². The van der Waals surface area contributed by atoms with E-state index in [2.05, 4.69) is 32.2 Å². The molecule has 0 spiro atoms. The number of ether oxygens (including phenoxy) is 1. The standard InChI is InChI=1S/C21H26N6O/c1-28-16-6-11-23-20-17-7-2-3-8-18(17)24-21(25-20)27-14-12-26(13-15-27)19-9-4-5-10-22-19/h2-5,7-10H,6,11-16H2,1H3,(H,23,24,25). The molecule has 3 aromatic rings. The van der Waals surface area contributed by atoms with Gasteiger partial charge in [-0.25, -0.2) is 9.97 Å². The lowest BCUT2D eigenvalue weighted by molar-refractivity contribution is 0.198. The van der Waals surface area contributed by atoms with Crippen LogP contribution < -0.4 is 15.1 Å². The van der Waals surface area contributed by atoms with Gasteiger partial charge < -0.3 is 19.9 Å². The maximum atomic E-state index is 5.14. The zero-order valence-corrected chi connectivity index (χ0v) is 16.2. The van der Waals surface area contributed by atoms with Crippen LogP contribution in [-0.2, 0) is 4.74 Å². The van der Waals surface area contributed by atoms with Crippen molar-refractivity contribution in [1.82, 2.24) is 15.0 Å². The van der Waals surface area contributed by atoms with Crippen LogP contribution >= 0.6 is 0 Å². The Kier molecular flexibility index (Phi) is 5.82. The number of pyridine rings is 1. The predicted molar refractivity (Wildman–Crippen MR) is 113 cm³/mol. The number of piperazine rings is 1. The third-order valence-corrected chi connectivity index (χ3v) is 4.94. The van der Waals surface area contributed by atoms with E-state index in [0.29, 0.717) is 0 Å². The Morgan fingerprint density at radius 1 is 0.964 bits per heavy atom. The molecule has 3 heterocycles. The number of methoxy groups -OCH3 is 1. The molecule has 0 saturated carbocycles. The van der Waals surface area contributed by atoms with Gasteiger partial charge in [-0.05, 0) is 30.7 Å². The van der Waals surface area contributed by atoms with E-state index < -0.39 is 0 Å². The number of nitrogens with zero attached hydrogens (tertiary/aromatic N) is 5. The van der Waals surface area contributed by atoms with Crippen LogP contribution in [0.15, 0.2) is 48.7 Å². The van der Waals surface area contributed by atoms with Crippen molar-refractivity contribution in [3.63, 3.8) is 0 Å². The number of rotatable bonds is 7. The van der Waals surface area contributed by atoms with Gasteiger partial charge in [-0.3, -0.25) is 0 Å². The van der Waals surface area contributed by atoms with Crippen molar-refractivity contribution in [1.29, 1.82) is 0 Å². The van der Waals surface area contributed by atoms with Crippen molar-refractivity contribution in [3.8, 4) is 0 Å². The summed E-state index contributed by atoms with van der Waals surface area (Å²) in [4.78, 5) is 18.7. The summed E-state index contributed by atoms with van der Waals surface area (Å²) in [6.45, 7) is 5.11. The molecule has 7 heteroatoms. The molecule has 1 aliphatic heterocycles. The summed E-state index contributed by atoms with van der Waals surface area (Å²) in [5.74, 6) is 2.71. The molecule has 0 atom stereocenters. The highest BCUT2D eigenvalue weighted by Crippen LogP contribution is 2.24. The monoisotopic (exact) mass is 378 g/mol. The van der Waals surface area contributed by atoms with E-state index in [9.17, 15) is 0 Å². The van der Waals surface area contributed by atoms with Gasteiger partial charge in [0.25, 0.3) is 0 Å². The number of benzene rings is 1. The number of hydrogen-bond acceptors (Lipinski definition) is 7. The van der Waals surface area contributed by atoms with Crippen molar-refractivity contribution in [2.24, 2.45) is 0 Å². The summed E-state index contributed by atoms with van der Waals surface area (Å²) < 4.78 is 5.14. The first-order valence-corrected chi connectivity index (χ1v) is 9.75. The smallest absolute Gasteiger partial charge is 0.228 e. The minimum atomic E-state index is 0.734. The van der Waals surface area contributed by atoms with E-state index in [4.69, 9.17) is 14.7 Å². The largest absolute Gasteiger partial charge is 0.385 e. The number of para-hydroxylation sites is 1. The molecule has 1 aliphatic rings. The first-order chi connectivity index (χ1) is 13.8. The first-order valence-electron chi connectivity index (χ1n) is 9.75. The fourth-order valence-corrected chi connectivity index (χ4v) is 3.44. The van der Waals surface area contributed by atoms with Crippen LogP contribution in [0.2, 0.25) is 0 Å². The Morgan fingerprint density at radius 3 is 2.54 bits per heavy atom. The van der Waals surface area contributed by atoms with Gasteiger partial charge in [0.1, 0.15) is 11.6 Å². The fourth-order valence-electron chi connectivity index (χ4n) is 3.44. The maximum absolute atomic E-state index is 5.14. The highest BCUT2D eigenvalue weighted by molar-refractivity contribution is 5.90. The summed E-state index contributed by atoms with van der Waals surface area (Å²) in [6.07, 6.45) is 2.78. The molecule has 0 aliphatic carbocycles. The van der Waals surface area contributed by atoms with E-state index in [1.165, 1.54) is 0 Å². The summed E-state index contributed by atoms with van der Waals surface area (Å²) in [5, 5.41) is 4.51. The zero-order chi connectivity index (χ0) is 19.2. The van der Waals surface area contributed by atoms with Crippen molar-refractivity contribution in [3.05, 3.63) is 48.7 Å². The van der Waals surface area contributed by atoms with Crippen molar-refractivity contribution < 1.29 is 4.74 Å². The summed E-state index contributed by atoms with van der Waals surface area (Å²) >= 11 is 0. The van der Waals surface area contributed by atoms with Crippen molar-refractivity contribution in [2.75, 3.05) is 61.6 Å². The minimum absolute atomic E-state index is 0.734. The summed E-state index contributed by atoms with van der Waals surface area (Å²) in [7, 11) is 1.72. The molecule has 0 amide bonds. The van der Waals surface area contributed by atoms with Gasteiger partial charge in [0.2, 0.25) is 5.95 Å². The number of anilines is 3. The van der Waals surface area contributed by atoms with Crippen LogP contribution in [0.4, 0.5) is 17.6 Å². The van der Waals surface area contributed by atoms with E-state index in [1.54, 1.807) is 7.11 Å². The highest BCUT2D eigenvalue weighted by Gasteiger charge is 2.21. The third kappa shape index (κ3) is 4.14. The molecular weight excluding hydrogens is 352 g/mol. The molecular formula is C21H26N6O. The zero-order valence-electron chi connectivity index (χ0n) is 16.2. The highest BCUT2D eigenvalue weighted by atomic mass is 16.5. The maximum Gasteiger partial charge on any atom is 0.228 e.